The number of nitrogens with zero attached hydrogens (tertiary/aromatic N) is 2. The minimum Gasteiger partial charge on any atom is -0.381 e. The van der Waals surface area contributed by atoms with Crippen LogP contribution in [0.5, 0.6) is 0 Å². The van der Waals surface area contributed by atoms with E-state index in [2.05, 4.69) is 5.32 Å². The van der Waals surface area contributed by atoms with Crippen molar-refractivity contribution in [1.29, 1.82) is 0 Å². The van der Waals surface area contributed by atoms with E-state index in [1.54, 1.807) is 11.0 Å². The molecule has 1 unspecified atom stereocenters. The number of likely N-dealkylation sites (tertiary alicyclic amines) is 1. The van der Waals surface area contributed by atoms with E-state index < -0.39 is 5.54 Å². The van der Waals surface area contributed by atoms with E-state index >= 15 is 0 Å². The molecule has 4 rings (SSSR count). The van der Waals surface area contributed by atoms with Crippen LogP contribution in [0.15, 0.2) is 24.3 Å². The Morgan fingerprint density at radius 1 is 1.22 bits per heavy atom. The molecule has 27 heavy (non-hydrogen) atoms. The number of ether oxygens (including phenoxy) is 1. The maximum absolute atomic E-state index is 12.8. The van der Waals surface area contributed by atoms with Crippen LogP contribution in [-0.4, -0.2) is 59.5 Å². The molecule has 7 nitrogen and oxygen atoms in total. The molecular formula is C19H22ClN3O4. The molecule has 1 N–H and O–H groups in total. The molecule has 0 saturated carbocycles. The minimum atomic E-state index is -0.821. The standard InChI is InChI=1S/C19H22ClN3O4/c20-15-3-1-2-13(8-15)10-22-11-14(9-16(22)24)12-23-17(25)19(21-18(23)26)4-6-27-7-5-19/h1-3,8,14H,4-7,9-12H2,(H,21,26). The van der Waals surface area contributed by atoms with Gasteiger partial charge in [-0.2, -0.15) is 0 Å². The van der Waals surface area contributed by atoms with Crippen LogP contribution in [0.3, 0.4) is 0 Å². The largest absolute Gasteiger partial charge is 0.381 e. The molecule has 4 amide bonds. The van der Waals surface area contributed by atoms with E-state index in [9.17, 15) is 14.4 Å². The Labute approximate surface area is 162 Å². The van der Waals surface area contributed by atoms with Crippen molar-refractivity contribution in [2.24, 2.45) is 5.92 Å². The molecule has 1 atom stereocenters. The van der Waals surface area contributed by atoms with Gasteiger partial charge in [0, 0.05) is 63.1 Å². The molecule has 0 aromatic heterocycles. The number of urea groups is 1. The van der Waals surface area contributed by atoms with Crippen LogP contribution in [0.4, 0.5) is 4.79 Å². The predicted molar refractivity (Wildman–Crippen MR) is 98.0 cm³/mol. The van der Waals surface area contributed by atoms with Gasteiger partial charge >= 0.3 is 6.03 Å². The summed E-state index contributed by atoms with van der Waals surface area (Å²) in [5.41, 5.74) is 0.144. The second-order valence-corrected chi connectivity index (χ2v) is 7.95. The van der Waals surface area contributed by atoms with E-state index in [0.717, 1.165) is 5.56 Å². The van der Waals surface area contributed by atoms with Gasteiger partial charge in [0.25, 0.3) is 5.91 Å². The fourth-order valence-electron chi connectivity index (χ4n) is 4.14. The lowest BCUT2D eigenvalue weighted by Crippen LogP contribution is -2.51. The van der Waals surface area contributed by atoms with Crippen molar-refractivity contribution in [1.82, 2.24) is 15.1 Å². The molecule has 8 heteroatoms. The second kappa shape index (κ2) is 7.13. The average Bonchev–Trinajstić information content (AvgIpc) is 3.08. The van der Waals surface area contributed by atoms with Crippen molar-refractivity contribution in [3.8, 4) is 0 Å². The van der Waals surface area contributed by atoms with Gasteiger partial charge in [-0.05, 0) is 17.7 Å². The SMILES string of the molecule is O=C1CC(CN2C(=O)NC3(CCOCC3)C2=O)CN1Cc1cccc(Cl)c1. The van der Waals surface area contributed by atoms with Gasteiger partial charge in [0.15, 0.2) is 0 Å². The number of halogens is 1. The van der Waals surface area contributed by atoms with E-state index in [-0.39, 0.29) is 30.3 Å². The van der Waals surface area contributed by atoms with Crippen LogP contribution in [0, 0.1) is 5.92 Å². The van der Waals surface area contributed by atoms with Crippen LogP contribution in [-0.2, 0) is 20.9 Å². The highest BCUT2D eigenvalue weighted by atomic mass is 35.5. The second-order valence-electron chi connectivity index (χ2n) is 7.51. The smallest absolute Gasteiger partial charge is 0.325 e. The summed E-state index contributed by atoms with van der Waals surface area (Å²) in [5, 5.41) is 3.49. The molecule has 0 aliphatic carbocycles. The molecule has 3 saturated heterocycles. The van der Waals surface area contributed by atoms with E-state index in [0.29, 0.717) is 50.6 Å². The number of carbonyl (C=O) groups is 3. The van der Waals surface area contributed by atoms with Gasteiger partial charge in [0.2, 0.25) is 5.91 Å². The first-order chi connectivity index (χ1) is 13.0. The molecule has 0 bridgehead atoms. The van der Waals surface area contributed by atoms with E-state index in [4.69, 9.17) is 16.3 Å². The lowest BCUT2D eigenvalue weighted by Gasteiger charge is -2.30. The summed E-state index contributed by atoms with van der Waals surface area (Å²) in [6, 6.07) is 7.06. The highest BCUT2D eigenvalue weighted by molar-refractivity contribution is 6.30. The van der Waals surface area contributed by atoms with Gasteiger partial charge in [0.1, 0.15) is 5.54 Å². The normalized spacial score (nSPS) is 24.8. The van der Waals surface area contributed by atoms with Crippen LogP contribution in [0.1, 0.15) is 24.8 Å². The molecule has 1 spiro atoms. The van der Waals surface area contributed by atoms with E-state index in [1.165, 1.54) is 4.90 Å². The van der Waals surface area contributed by atoms with Gasteiger partial charge in [-0.3, -0.25) is 14.5 Å². The predicted octanol–water partition coefficient (Wildman–Crippen LogP) is 1.79. The molecule has 3 aliphatic heterocycles. The van der Waals surface area contributed by atoms with Gasteiger partial charge in [-0.1, -0.05) is 23.7 Å². The average molecular weight is 392 g/mol. The molecule has 3 fully saturated rings. The van der Waals surface area contributed by atoms with E-state index in [1.807, 2.05) is 18.2 Å². The third kappa shape index (κ3) is 3.53. The number of benzene rings is 1. The van der Waals surface area contributed by atoms with Crippen LogP contribution < -0.4 is 5.32 Å². The molecular weight excluding hydrogens is 370 g/mol. The highest BCUT2D eigenvalue weighted by Crippen LogP contribution is 2.30. The maximum atomic E-state index is 12.8. The van der Waals surface area contributed by atoms with Gasteiger partial charge < -0.3 is 15.0 Å². The Morgan fingerprint density at radius 3 is 2.74 bits per heavy atom. The Bertz CT molecular complexity index is 778. The molecule has 1 aromatic rings. The highest BCUT2D eigenvalue weighted by Gasteiger charge is 2.52. The molecule has 3 heterocycles. The summed E-state index contributed by atoms with van der Waals surface area (Å²) in [5.74, 6) is -0.203. The fourth-order valence-corrected chi connectivity index (χ4v) is 4.36. The number of nitrogens with one attached hydrogen (secondary N) is 1. The monoisotopic (exact) mass is 391 g/mol. The first-order valence-electron chi connectivity index (χ1n) is 9.21. The maximum Gasteiger partial charge on any atom is 0.325 e. The lowest BCUT2D eigenvalue weighted by molar-refractivity contribution is -0.135. The Morgan fingerprint density at radius 2 is 2.00 bits per heavy atom. The Hall–Kier alpha value is -2.12. The van der Waals surface area contributed by atoms with Gasteiger partial charge in [-0.15, -0.1) is 0 Å². The summed E-state index contributed by atoms with van der Waals surface area (Å²) in [4.78, 5) is 40.6. The Balaban J connectivity index is 1.39. The summed E-state index contributed by atoms with van der Waals surface area (Å²) >= 11 is 6.01. The molecule has 1 aromatic carbocycles. The third-order valence-corrected chi connectivity index (χ3v) is 5.83. The number of hydrogen-bond acceptors (Lipinski definition) is 4. The lowest BCUT2D eigenvalue weighted by atomic mass is 9.90. The Kier molecular flexibility index (Phi) is 4.82. The third-order valence-electron chi connectivity index (χ3n) is 5.59. The number of amides is 4. The summed E-state index contributed by atoms with van der Waals surface area (Å²) < 4.78 is 5.32. The summed E-state index contributed by atoms with van der Waals surface area (Å²) in [7, 11) is 0. The van der Waals surface area contributed by atoms with Crippen molar-refractivity contribution < 1.29 is 19.1 Å². The van der Waals surface area contributed by atoms with Gasteiger partial charge in [-0.25, -0.2) is 4.79 Å². The topological polar surface area (TPSA) is 79.0 Å². The van der Waals surface area contributed by atoms with Crippen molar-refractivity contribution >= 4 is 29.4 Å². The zero-order valence-corrected chi connectivity index (χ0v) is 15.7. The number of imide groups is 1. The van der Waals surface area contributed by atoms with Gasteiger partial charge in [0.05, 0.1) is 0 Å². The van der Waals surface area contributed by atoms with Crippen molar-refractivity contribution in [3.05, 3.63) is 34.9 Å². The van der Waals surface area contributed by atoms with Crippen molar-refractivity contribution in [3.63, 3.8) is 0 Å². The molecule has 0 radical (unpaired) electrons. The fraction of sp³-hybridized carbons (Fsp3) is 0.526. The zero-order chi connectivity index (χ0) is 19.0. The number of hydrogen-bond donors (Lipinski definition) is 1. The van der Waals surface area contributed by atoms with Crippen LogP contribution in [0.25, 0.3) is 0 Å². The zero-order valence-electron chi connectivity index (χ0n) is 14.9. The minimum absolute atomic E-state index is 0.0350. The van der Waals surface area contributed by atoms with Crippen molar-refractivity contribution in [2.75, 3.05) is 26.3 Å². The first-order valence-corrected chi connectivity index (χ1v) is 9.59. The number of carbonyl (C=O) groups excluding carboxylic acids is 3. The summed E-state index contributed by atoms with van der Waals surface area (Å²) in [6.45, 7) is 2.21. The molecule has 144 valence electrons. The number of rotatable bonds is 4. The van der Waals surface area contributed by atoms with Crippen LogP contribution in [0.2, 0.25) is 5.02 Å². The summed E-state index contributed by atoms with van der Waals surface area (Å²) in [6.07, 6.45) is 1.34. The van der Waals surface area contributed by atoms with Crippen LogP contribution >= 0.6 is 11.6 Å². The molecule has 3 aliphatic rings. The first kappa shape index (κ1) is 18.3. The van der Waals surface area contributed by atoms with Crippen molar-refractivity contribution in [2.45, 2.75) is 31.3 Å². The quantitative estimate of drug-likeness (QED) is 0.794.